The summed E-state index contributed by atoms with van der Waals surface area (Å²) in [5, 5.41) is 10.9. The molecule has 0 aliphatic heterocycles. The van der Waals surface area contributed by atoms with Crippen molar-refractivity contribution in [2.75, 3.05) is 12.5 Å². The number of hydrogen-bond acceptors (Lipinski definition) is 7. The van der Waals surface area contributed by atoms with Gasteiger partial charge >= 0.3 is 0 Å². The summed E-state index contributed by atoms with van der Waals surface area (Å²) in [6.45, 7) is 3.27. The third kappa shape index (κ3) is 3.75. The molecule has 3 N–H and O–H groups in total. The molecule has 1 heterocycles. The second-order valence-electron chi connectivity index (χ2n) is 4.78. The summed E-state index contributed by atoms with van der Waals surface area (Å²) < 4.78 is 0. The highest BCUT2D eigenvalue weighted by Gasteiger charge is 2.13. The van der Waals surface area contributed by atoms with Crippen LogP contribution >= 0.6 is 11.3 Å². The molecule has 2 aromatic rings. The van der Waals surface area contributed by atoms with Crippen molar-refractivity contribution in [3.63, 3.8) is 0 Å². The van der Waals surface area contributed by atoms with Gasteiger partial charge in [-0.05, 0) is 25.6 Å². The van der Waals surface area contributed by atoms with E-state index in [1.165, 1.54) is 10.9 Å². The molecule has 0 saturated carbocycles. The first-order chi connectivity index (χ1) is 10.0. The molecule has 0 aliphatic carbocycles. The highest BCUT2D eigenvalue weighted by Crippen LogP contribution is 2.23. The maximum absolute atomic E-state index is 10.9. The summed E-state index contributed by atoms with van der Waals surface area (Å²) in [4.78, 5) is 17.9. The Labute approximate surface area is 126 Å². The van der Waals surface area contributed by atoms with Crippen molar-refractivity contribution in [3.05, 3.63) is 50.0 Å². The van der Waals surface area contributed by atoms with Crippen LogP contribution in [0.1, 0.15) is 16.1 Å². The van der Waals surface area contributed by atoms with Crippen LogP contribution in [0.25, 0.3) is 0 Å². The Morgan fingerprint density at radius 2 is 2.24 bits per heavy atom. The summed E-state index contributed by atoms with van der Waals surface area (Å²) in [5.41, 5.74) is 6.95. The number of aromatic nitrogens is 1. The van der Waals surface area contributed by atoms with Crippen LogP contribution in [-0.2, 0) is 13.1 Å². The zero-order valence-corrected chi connectivity index (χ0v) is 12.7. The predicted octanol–water partition coefficient (Wildman–Crippen LogP) is 2.28. The Morgan fingerprint density at radius 3 is 2.81 bits per heavy atom. The lowest BCUT2D eigenvalue weighted by molar-refractivity contribution is -0.384. The molecule has 0 saturated heterocycles. The molecule has 0 amide bonds. The first kappa shape index (κ1) is 15.4. The molecule has 0 spiro atoms. The van der Waals surface area contributed by atoms with Crippen LogP contribution in [0.5, 0.6) is 0 Å². The molecule has 1 aromatic carbocycles. The lowest BCUT2D eigenvalue weighted by Gasteiger charge is -2.18. The van der Waals surface area contributed by atoms with Gasteiger partial charge in [-0.1, -0.05) is 0 Å². The van der Waals surface area contributed by atoms with E-state index in [2.05, 4.69) is 15.3 Å². The Hall–Kier alpha value is -2.03. The highest BCUT2D eigenvalue weighted by molar-refractivity contribution is 7.09. The van der Waals surface area contributed by atoms with E-state index in [9.17, 15) is 10.1 Å². The molecule has 0 fully saturated rings. The Kier molecular flexibility index (Phi) is 4.84. The number of nitrogen functional groups attached to an aromatic ring is 1. The molecule has 21 heavy (non-hydrogen) atoms. The molecule has 112 valence electrons. The number of anilines is 1. The lowest BCUT2D eigenvalue weighted by atomic mass is 10.1. The quantitative estimate of drug-likeness (QED) is 0.483. The smallest absolute Gasteiger partial charge is 0.269 e. The number of aryl methyl sites for hydroxylation is 1. The van der Waals surface area contributed by atoms with Gasteiger partial charge in [0.05, 0.1) is 21.8 Å². The van der Waals surface area contributed by atoms with Crippen LogP contribution in [-0.4, -0.2) is 21.9 Å². The fourth-order valence-electron chi connectivity index (χ4n) is 2.04. The molecule has 7 nitrogen and oxygen atoms in total. The average Bonchev–Trinajstić information content (AvgIpc) is 2.84. The zero-order valence-electron chi connectivity index (χ0n) is 11.9. The van der Waals surface area contributed by atoms with Crippen LogP contribution in [0.4, 0.5) is 11.4 Å². The van der Waals surface area contributed by atoms with Gasteiger partial charge in [-0.3, -0.25) is 20.9 Å². The number of nitro groups is 1. The molecular formula is C13H17N5O2S. The summed E-state index contributed by atoms with van der Waals surface area (Å²) in [5.74, 6) is 5.47. The second kappa shape index (κ2) is 6.61. The zero-order chi connectivity index (χ0) is 15.4. The van der Waals surface area contributed by atoms with Crippen molar-refractivity contribution in [1.82, 2.24) is 9.88 Å². The predicted molar refractivity (Wildman–Crippen MR) is 82.9 cm³/mol. The second-order valence-corrected chi connectivity index (χ2v) is 5.72. The van der Waals surface area contributed by atoms with E-state index in [4.69, 9.17) is 5.84 Å². The molecule has 1 aromatic heterocycles. The average molecular weight is 307 g/mol. The number of hydrazine groups is 1. The molecule has 0 bridgehead atoms. The van der Waals surface area contributed by atoms with Gasteiger partial charge in [0.1, 0.15) is 0 Å². The van der Waals surface area contributed by atoms with Gasteiger partial charge < -0.3 is 5.43 Å². The normalized spacial score (nSPS) is 10.9. The molecule has 2 rings (SSSR count). The fraction of sp³-hybridized carbons (Fsp3) is 0.308. The lowest BCUT2D eigenvalue weighted by Crippen LogP contribution is -2.19. The van der Waals surface area contributed by atoms with Crippen LogP contribution in [0.15, 0.2) is 23.7 Å². The van der Waals surface area contributed by atoms with E-state index < -0.39 is 4.92 Å². The number of nitrogens with zero attached hydrogens (tertiary/aromatic N) is 3. The number of nitro benzene ring substituents is 1. The third-order valence-electron chi connectivity index (χ3n) is 3.15. The van der Waals surface area contributed by atoms with E-state index in [0.29, 0.717) is 12.2 Å². The van der Waals surface area contributed by atoms with Crippen LogP contribution in [0.2, 0.25) is 0 Å². The summed E-state index contributed by atoms with van der Waals surface area (Å²) in [6, 6.07) is 4.61. The van der Waals surface area contributed by atoms with Crippen molar-refractivity contribution < 1.29 is 4.92 Å². The Morgan fingerprint density at radius 1 is 1.48 bits per heavy atom. The van der Waals surface area contributed by atoms with Crippen molar-refractivity contribution in [2.45, 2.75) is 20.0 Å². The van der Waals surface area contributed by atoms with Crippen molar-refractivity contribution in [1.29, 1.82) is 0 Å². The standard InChI is InChI=1S/C13H17N5O2S/c1-9-13(21-8-15-9)7-17(2)6-10-5-11(18(19)20)3-4-12(10)16-14/h3-5,8,16H,6-7,14H2,1-2H3. The Balaban J connectivity index is 2.15. The number of non-ortho nitro benzene ring substituents is 1. The largest absolute Gasteiger partial charge is 0.324 e. The number of nitrogens with one attached hydrogen (secondary N) is 1. The van der Waals surface area contributed by atoms with Gasteiger partial charge in [-0.2, -0.15) is 0 Å². The summed E-state index contributed by atoms with van der Waals surface area (Å²) in [6.07, 6.45) is 0. The monoisotopic (exact) mass is 307 g/mol. The molecule has 8 heteroatoms. The highest BCUT2D eigenvalue weighted by atomic mass is 32.1. The molecule has 0 radical (unpaired) electrons. The molecule has 0 aliphatic rings. The minimum atomic E-state index is -0.406. The van der Waals surface area contributed by atoms with Crippen LogP contribution < -0.4 is 11.3 Å². The van der Waals surface area contributed by atoms with E-state index in [1.54, 1.807) is 23.5 Å². The van der Waals surface area contributed by atoms with Gasteiger partial charge in [0, 0.05) is 30.1 Å². The van der Waals surface area contributed by atoms with Gasteiger partial charge in [0.25, 0.3) is 5.69 Å². The van der Waals surface area contributed by atoms with Crippen LogP contribution in [0, 0.1) is 17.0 Å². The number of hydrogen-bond donors (Lipinski definition) is 2. The molecule has 0 unspecified atom stereocenters. The van der Waals surface area contributed by atoms with Crippen LogP contribution in [0.3, 0.4) is 0 Å². The van der Waals surface area contributed by atoms with Gasteiger partial charge in [-0.15, -0.1) is 11.3 Å². The van der Waals surface area contributed by atoms with E-state index in [0.717, 1.165) is 17.8 Å². The fourth-order valence-corrected chi connectivity index (χ4v) is 2.89. The Bertz CT molecular complexity index is 643. The van der Waals surface area contributed by atoms with Crippen molar-refractivity contribution in [3.8, 4) is 0 Å². The van der Waals surface area contributed by atoms with Crippen molar-refractivity contribution in [2.24, 2.45) is 5.84 Å². The van der Waals surface area contributed by atoms with E-state index in [-0.39, 0.29) is 5.69 Å². The summed E-state index contributed by atoms with van der Waals surface area (Å²) in [7, 11) is 1.96. The molecular weight excluding hydrogens is 290 g/mol. The minimum absolute atomic E-state index is 0.0615. The van der Waals surface area contributed by atoms with E-state index >= 15 is 0 Å². The van der Waals surface area contributed by atoms with Gasteiger partial charge in [-0.25, -0.2) is 4.98 Å². The SMILES string of the molecule is Cc1ncsc1CN(C)Cc1cc([N+](=O)[O-])ccc1NN. The number of rotatable bonds is 6. The summed E-state index contributed by atoms with van der Waals surface area (Å²) >= 11 is 1.61. The van der Waals surface area contributed by atoms with Crippen molar-refractivity contribution >= 4 is 22.7 Å². The van der Waals surface area contributed by atoms with Gasteiger partial charge in [0.2, 0.25) is 0 Å². The maximum Gasteiger partial charge on any atom is 0.269 e. The number of thiazole rings is 1. The first-order valence-corrected chi connectivity index (χ1v) is 7.20. The first-order valence-electron chi connectivity index (χ1n) is 6.32. The molecule has 0 atom stereocenters. The number of nitrogens with two attached hydrogens (primary N) is 1. The van der Waals surface area contributed by atoms with E-state index in [1.807, 2.05) is 19.5 Å². The topological polar surface area (TPSA) is 97.3 Å². The minimum Gasteiger partial charge on any atom is -0.324 e. The van der Waals surface area contributed by atoms with Gasteiger partial charge in [0.15, 0.2) is 0 Å². The maximum atomic E-state index is 10.9. The third-order valence-corrected chi connectivity index (χ3v) is 4.07. The number of benzene rings is 1.